The Morgan fingerprint density at radius 2 is 1.66 bits per heavy atom. The molecule has 8 nitrogen and oxygen atoms in total. The number of Topliss-reactive ketones (excluding diaryl/α,β-unsaturated/α-hetero) is 1. The Balaban J connectivity index is 1.78. The van der Waals surface area contributed by atoms with E-state index in [1.807, 2.05) is 43.3 Å². The van der Waals surface area contributed by atoms with E-state index in [4.69, 9.17) is 14.2 Å². The number of likely N-dealkylation sites (N-methyl/N-ethyl adjacent to an activating group) is 1. The van der Waals surface area contributed by atoms with Crippen molar-refractivity contribution in [2.24, 2.45) is 0 Å². The maximum atomic E-state index is 13.5. The number of rotatable bonds is 12. The molecule has 216 valence electrons. The molecule has 0 aromatic heterocycles. The van der Waals surface area contributed by atoms with Crippen molar-refractivity contribution in [3.05, 3.63) is 94.6 Å². The van der Waals surface area contributed by atoms with Gasteiger partial charge in [-0.1, -0.05) is 50.2 Å². The molecule has 4 rings (SSSR count). The fourth-order valence-electron chi connectivity index (χ4n) is 5.13. The zero-order chi connectivity index (χ0) is 29.5. The number of amides is 1. The Morgan fingerprint density at radius 1 is 0.927 bits per heavy atom. The fourth-order valence-corrected chi connectivity index (χ4v) is 5.13. The molecule has 8 heteroatoms. The van der Waals surface area contributed by atoms with Gasteiger partial charge in [0.05, 0.1) is 25.8 Å². The highest BCUT2D eigenvalue weighted by molar-refractivity contribution is 6.46. The second-order valence-electron chi connectivity index (χ2n) is 9.88. The number of aliphatic hydroxyl groups excluding tert-OH is 1. The number of carbonyl (C=O) groups is 2. The van der Waals surface area contributed by atoms with Gasteiger partial charge < -0.3 is 29.1 Å². The standard InChI is InChI=1S/C33H38N2O6/c1-6-34(7-2)17-18-35-30(24-13-16-27(28(20-24)40-5)41-21-23-11-9-8-10-12-23)29(32(37)33(35)38)31(36)26-15-14-25(39-4)19-22(26)3/h8-16,19-20,30,36H,6-7,17-18,21H2,1-5H3. The van der Waals surface area contributed by atoms with Crippen LogP contribution in [0.15, 0.2) is 72.3 Å². The minimum absolute atomic E-state index is 0.0443. The molecular formula is C33H38N2O6. The van der Waals surface area contributed by atoms with Gasteiger partial charge in [-0.15, -0.1) is 0 Å². The van der Waals surface area contributed by atoms with Crippen LogP contribution in [-0.2, 0) is 16.2 Å². The van der Waals surface area contributed by atoms with Gasteiger partial charge in [0.25, 0.3) is 11.7 Å². The lowest BCUT2D eigenvalue weighted by atomic mass is 9.93. The number of nitrogens with zero attached hydrogens (tertiary/aromatic N) is 2. The highest BCUT2D eigenvalue weighted by atomic mass is 16.5. The van der Waals surface area contributed by atoms with Crippen molar-refractivity contribution in [2.75, 3.05) is 40.4 Å². The van der Waals surface area contributed by atoms with Crippen LogP contribution in [-0.4, -0.2) is 67.0 Å². The molecule has 1 unspecified atom stereocenters. The molecule has 1 amide bonds. The second-order valence-corrected chi connectivity index (χ2v) is 9.88. The highest BCUT2D eigenvalue weighted by Crippen LogP contribution is 2.42. The monoisotopic (exact) mass is 558 g/mol. The van der Waals surface area contributed by atoms with E-state index in [0.29, 0.717) is 48.1 Å². The van der Waals surface area contributed by atoms with Gasteiger partial charge in [0.1, 0.15) is 18.1 Å². The molecule has 1 saturated heterocycles. The van der Waals surface area contributed by atoms with Crippen LogP contribution in [0.2, 0.25) is 0 Å². The van der Waals surface area contributed by atoms with E-state index in [2.05, 4.69) is 18.7 Å². The summed E-state index contributed by atoms with van der Waals surface area (Å²) in [5.74, 6) is 0.0526. The van der Waals surface area contributed by atoms with Gasteiger partial charge in [-0.3, -0.25) is 9.59 Å². The predicted molar refractivity (Wildman–Crippen MR) is 158 cm³/mol. The third kappa shape index (κ3) is 6.38. The summed E-state index contributed by atoms with van der Waals surface area (Å²) in [6, 6.07) is 19.6. The smallest absolute Gasteiger partial charge is 0.295 e. The number of likely N-dealkylation sites (tertiary alicyclic amines) is 1. The molecule has 1 heterocycles. The molecule has 1 atom stereocenters. The average Bonchev–Trinajstić information content (AvgIpc) is 3.25. The van der Waals surface area contributed by atoms with E-state index in [-0.39, 0.29) is 11.3 Å². The summed E-state index contributed by atoms with van der Waals surface area (Å²) in [4.78, 5) is 30.7. The number of ketones is 1. The minimum atomic E-state index is -0.802. The first-order valence-electron chi connectivity index (χ1n) is 13.8. The van der Waals surface area contributed by atoms with E-state index >= 15 is 0 Å². The van der Waals surface area contributed by atoms with Gasteiger partial charge in [0.2, 0.25) is 0 Å². The maximum Gasteiger partial charge on any atom is 0.295 e. The lowest BCUT2D eigenvalue weighted by Crippen LogP contribution is -2.38. The number of aryl methyl sites for hydroxylation is 1. The van der Waals surface area contributed by atoms with Crippen LogP contribution < -0.4 is 14.2 Å². The topological polar surface area (TPSA) is 88.5 Å². The molecule has 0 saturated carbocycles. The molecule has 0 radical (unpaired) electrons. The first-order valence-corrected chi connectivity index (χ1v) is 13.8. The minimum Gasteiger partial charge on any atom is -0.507 e. The molecule has 41 heavy (non-hydrogen) atoms. The summed E-state index contributed by atoms with van der Waals surface area (Å²) in [6.45, 7) is 8.84. The maximum absolute atomic E-state index is 13.5. The molecule has 0 bridgehead atoms. The number of methoxy groups -OCH3 is 2. The lowest BCUT2D eigenvalue weighted by molar-refractivity contribution is -0.140. The average molecular weight is 559 g/mol. The molecule has 0 aliphatic carbocycles. The number of benzene rings is 3. The first kappa shape index (κ1) is 29.7. The summed E-state index contributed by atoms with van der Waals surface area (Å²) in [7, 11) is 3.11. The van der Waals surface area contributed by atoms with Crippen molar-refractivity contribution in [3.63, 3.8) is 0 Å². The molecular weight excluding hydrogens is 520 g/mol. The predicted octanol–water partition coefficient (Wildman–Crippen LogP) is 5.35. The molecule has 1 aliphatic rings. The summed E-state index contributed by atoms with van der Waals surface area (Å²) < 4.78 is 17.0. The third-order valence-electron chi connectivity index (χ3n) is 7.52. The SMILES string of the molecule is CCN(CC)CCN1C(=O)C(=O)C(=C(O)c2ccc(OC)cc2C)C1c1ccc(OCc2ccccc2)c(OC)c1. The van der Waals surface area contributed by atoms with Gasteiger partial charge in [0.15, 0.2) is 11.5 Å². The Hall–Kier alpha value is -4.30. The van der Waals surface area contributed by atoms with E-state index in [1.165, 1.54) is 0 Å². The summed E-state index contributed by atoms with van der Waals surface area (Å²) in [5.41, 5.74) is 2.88. The first-order chi connectivity index (χ1) is 19.8. The molecule has 1 N–H and O–H groups in total. The Kier molecular flexibility index (Phi) is 9.68. The molecule has 3 aromatic rings. The summed E-state index contributed by atoms with van der Waals surface area (Å²) in [5, 5.41) is 11.5. The van der Waals surface area contributed by atoms with Crippen molar-refractivity contribution >= 4 is 17.4 Å². The van der Waals surface area contributed by atoms with Gasteiger partial charge in [0, 0.05) is 18.7 Å². The third-order valence-corrected chi connectivity index (χ3v) is 7.52. The van der Waals surface area contributed by atoms with E-state index < -0.39 is 17.7 Å². The van der Waals surface area contributed by atoms with Gasteiger partial charge in [-0.25, -0.2) is 0 Å². The fraction of sp³-hybridized carbons (Fsp3) is 0.333. The number of ether oxygens (including phenoxy) is 3. The van der Waals surface area contributed by atoms with Crippen LogP contribution in [0.1, 0.15) is 42.1 Å². The number of hydrogen-bond acceptors (Lipinski definition) is 7. The van der Waals surface area contributed by atoms with Crippen molar-refractivity contribution in [1.82, 2.24) is 9.80 Å². The zero-order valence-electron chi connectivity index (χ0n) is 24.3. The zero-order valence-corrected chi connectivity index (χ0v) is 24.3. The molecule has 3 aromatic carbocycles. The largest absolute Gasteiger partial charge is 0.507 e. The van der Waals surface area contributed by atoms with Crippen molar-refractivity contribution in [2.45, 2.75) is 33.4 Å². The van der Waals surface area contributed by atoms with E-state index in [0.717, 1.165) is 24.2 Å². The van der Waals surface area contributed by atoms with E-state index in [1.54, 1.807) is 49.5 Å². The van der Waals surface area contributed by atoms with Gasteiger partial charge in [-0.05, 0) is 67.0 Å². The van der Waals surface area contributed by atoms with Crippen LogP contribution in [0, 0.1) is 6.92 Å². The Labute approximate surface area is 241 Å². The van der Waals surface area contributed by atoms with Crippen LogP contribution >= 0.6 is 0 Å². The van der Waals surface area contributed by atoms with Gasteiger partial charge >= 0.3 is 0 Å². The molecule has 1 aliphatic heterocycles. The second kappa shape index (κ2) is 13.4. The van der Waals surface area contributed by atoms with Crippen molar-refractivity contribution in [3.8, 4) is 17.2 Å². The van der Waals surface area contributed by atoms with E-state index in [9.17, 15) is 14.7 Å². The lowest BCUT2D eigenvalue weighted by Gasteiger charge is -2.28. The van der Waals surface area contributed by atoms with Crippen LogP contribution in [0.25, 0.3) is 5.76 Å². The normalized spacial score (nSPS) is 16.3. The number of carbonyl (C=O) groups excluding carboxylic acids is 2. The van der Waals surface area contributed by atoms with Crippen LogP contribution in [0.3, 0.4) is 0 Å². The van der Waals surface area contributed by atoms with Crippen molar-refractivity contribution < 1.29 is 28.9 Å². The molecule has 1 fully saturated rings. The Morgan fingerprint density at radius 3 is 2.29 bits per heavy atom. The van der Waals surface area contributed by atoms with Crippen molar-refractivity contribution in [1.29, 1.82) is 0 Å². The highest BCUT2D eigenvalue weighted by Gasteiger charge is 2.46. The summed E-state index contributed by atoms with van der Waals surface area (Å²) in [6.07, 6.45) is 0. The van der Waals surface area contributed by atoms with Gasteiger partial charge in [-0.2, -0.15) is 0 Å². The molecule has 0 spiro atoms. The van der Waals surface area contributed by atoms with Crippen LogP contribution in [0.4, 0.5) is 0 Å². The quantitative estimate of drug-likeness (QED) is 0.182. The van der Waals surface area contributed by atoms with Crippen LogP contribution in [0.5, 0.6) is 17.2 Å². The number of hydrogen-bond donors (Lipinski definition) is 1. The Bertz CT molecular complexity index is 1410. The number of aliphatic hydroxyl groups is 1. The summed E-state index contributed by atoms with van der Waals surface area (Å²) >= 11 is 0.